The van der Waals surface area contributed by atoms with Crippen molar-refractivity contribution in [2.75, 3.05) is 18.4 Å². The Hall–Kier alpha value is -3.84. The minimum Gasteiger partial charge on any atom is -0.444 e. The molecule has 7 nitrogen and oxygen atoms in total. The second kappa shape index (κ2) is 9.19. The summed E-state index contributed by atoms with van der Waals surface area (Å²) in [5.41, 5.74) is 3.65. The first-order chi connectivity index (χ1) is 16.5. The van der Waals surface area contributed by atoms with E-state index in [9.17, 15) is 14.7 Å². The predicted octanol–water partition coefficient (Wildman–Crippen LogP) is 4.70. The van der Waals surface area contributed by atoms with Gasteiger partial charge in [0.05, 0.1) is 25.6 Å². The van der Waals surface area contributed by atoms with Crippen LogP contribution in [-0.2, 0) is 16.1 Å². The average Bonchev–Trinajstić information content (AvgIpc) is 3.35. The Kier molecular flexibility index (Phi) is 5.94. The molecule has 2 N–H and O–H groups in total. The molecule has 0 spiro atoms. The normalized spacial score (nSPS) is 16.8. The zero-order chi connectivity index (χ0) is 23.7. The van der Waals surface area contributed by atoms with Gasteiger partial charge in [0.1, 0.15) is 6.10 Å². The van der Waals surface area contributed by atoms with Gasteiger partial charge in [0.15, 0.2) is 0 Å². The van der Waals surface area contributed by atoms with Crippen LogP contribution in [0.15, 0.2) is 72.8 Å². The van der Waals surface area contributed by atoms with E-state index >= 15 is 0 Å². The number of nitrogens with one attached hydrogen (secondary N) is 1. The van der Waals surface area contributed by atoms with Crippen LogP contribution >= 0.6 is 0 Å². The number of nitrogens with zero attached hydrogens (tertiary/aromatic N) is 2. The Labute approximate surface area is 197 Å². The van der Waals surface area contributed by atoms with Crippen LogP contribution in [0.1, 0.15) is 25.0 Å². The number of hydrogen-bond acceptors (Lipinski definition) is 4. The maximum atomic E-state index is 12.6. The number of anilines is 1. The molecule has 2 amide bonds. The van der Waals surface area contributed by atoms with E-state index < -0.39 is 18.3 Å². The van der Waals surface area contributed by atoms with E-state index in [-0.39, 0.29) is 25.4 Å². The molecule has 174 valence electrons. The highest BCUT2D eigenvalue weighted by atomic mass is 16.6. The van der Waals surface area contributed by atoms with Gasteiger partial charge >= 0.3 is 6.09 Å². The number of benzene rings is 3. The molecule has 2 unspecified atom stereocenters. The number of aliphatic hydroxyl groups is 1. The number of para-hydroxylation sites is 1. The number of aromatic nitrogens is 1. The van der Waals surface area contributed by atoms with Crippen molar-refractivity contribution in [1.82, 2.24) is 9.47 Å². The molecule has 2 atom stereocenters. The number of amides is 2. The minimum atomic E-state index is -0.783. The lowest BCUT2D eigenvalue weighted by atomic mass is 10.1. The van der Waals surface area contributed by atoms with Crippen molar-refractivity contribution in [2.45, 2.75) is 32.1 Å². The SMILES string of the molecule is CCn1c2ccccc2c2cc(NC(=O)OC3CC(=O)N(CC(O)c4ccccc4)C3)ccc21. The Morgan fingerprint density at radius 1 is 1.06 bits per heavy atom. The molecule has 1 aromatic heterocycles. The number of rotatable bonds is 6. The topological polar surface area (TPSA) is 83.8 Å². The van der Waals surface area contributed by atoms with Gasteiger partial charge in [0.25, 0.3) is 0 Å². The molecule has 0 bridgehead atoms. The predicted molar refractivity (Wildman–Crippen MR) is 132 cm³/mol. The number of carbonyl (C=O) groups is 2. The fourth-order valence-corrected chi connectivity index (χ4v) is 4.75. The lowest BCUT2D eigenvalue weighted by Gasteiger charge is -2.20. The summed E-state index contributed by atoms with van der Waals surface area (Å²) >= 11 is 0. The zero-order valence-corrected chi connectivity index (χ0v) is 19.0. The number of aryl methyl sites for hydroxylation is 1. The van der Waals surface area contributed by atoms with E-state index in [0.717, 1.165) is 33.9 Å². The number of ether oxygens (including phenoxy) is 1. The summed E-state index contributed by atoms with van der Waals surface area (Å²) in [6, 6.07) is 23.2. The van der Waals surface area contributed by atoms with Crippen LogP contribution < -0.4 is 5.32 Å². The fourth-order valence-electron chi connectivity index (χ4n) is 4.75. The van der Waals surface area contributed by atoms with E-state index in [4.69, 9.17) is 4.74 Å². The summed E-state index contributed by atoms with van der Waals surface area (Å²) in [7, 11) is 0. The molecule has 4 aromatic rings. The third kappa shape index (κ3) is 4.22. The van der Waals surface area contributed by atoms with Gasteiger partial charge in [-0.2, -0.15) is 0 Å². The number of fused-ring (bicyclic) bond motifs is 3. The van der Waals surface area contributed by atoms with Gasteiger partial charge in [0, 0.05) is 34.0 Å². The summed E-state index contributed by atoms with van der Waals surface area (Å²) in [4.78, 5) is 26.5. The summed E-state index contributed by atoms with van der Waals surface area (Å²) in [6.07, 6.45) is -1.82. The van der Waals surface area contributed by atoms with Crippen LogP contribution in [0.25, 0.3) is 21.8 Å². The Balaban J connectivity index is 1.24. The van der Waals surface area contributed by atoms with Crippen molar-refractivity contribution < 1.29 is 19.4 Å². The van der Waals surface area contributed by atoms with Crippen molar-refractivity contribution in [3.05, 3.63) is 78.4 Å². The highest BCUT2D eigenvalue weighted by molar-refractivity contribution is 6.09. The smallest absolute Gasteiger partial charge is 0.411 e. The maximum Gasteiger partial charge on any atom is 0.411 e. The molecule has 1 saturated heterocycles. The number of hydrogen-bond donors (Lipinski definition) is 2. The maximum absolute atomic E-state index is 12.6. The van der Waals surface area contributed by atoms with E-state index in [0.29, 0.717) is 5.69 Å². The highest BCUT2D eigenvalue weighted by Gasteiger charge is 2.33. The minimum absolute atomic E-state index is 0.109. The first-order valence-electron chi connectivity index (χ1n) is 11.5. The molecule has 1 aliphatic heterocycles. The summed E-state index contributed by atoms with van der Waals surface area (Å²) in [5.74, 6) is -0.137. The van der Waals surface area contributed by atoms with E-state index in [1.807, 2.05) is 60.7 Å². The first-order valence-corrected chi connectivity index (χ1v) is 11.5. The molecule has 0 saturated carbocycles. The molecule has 3 aromatic carbocycles. The van der Waals surface area contributed by atoms with Crippen molar-refractivity contribution >= 4 is 39.5 Å². The lowest BCUT2D eigenvalue weighted by molar-refractivity contribution is -0.129. The largest absolute Gasteiger partial charge is 0.444 e. The summed E-state index contributed by atoms with van der Waals surface area (Å²) in [6.45, 7) is 3.39. The average molecular weight is 458 g/mol. The number of carbonyl (C=O) groups excluding carboxylic acids is 2. The van der Waals surface area contributed by atoms with Crippen molar-refractivity contribution in [2.24, 2.45) is 0 Å². The van der Waals surface area contributed by atoms with Crippen molar-refractivity contribution in [3.8, 4) is 0 Å². The Bertz CT molecular complexity index is 1350. The third-order valence-corrected chi connectivity index (χ3v) is 6.37. The first kappa shape index (κ1) is 22.0. The summed E-state index contributed by atoms with van der Waals surface area (Å²) in [5, 5.41) is 15.4. The monoisotopic (exact) mass is 457 g/mol. The quantitative estimate of drug-likeness (QED) is 0.440. The van der Waals surface area contributed by atoms with Crippen molar-refractivity contribution in [1.29, 1.82) is 0 Å². The van der Waals surface area contributed by atoms with Crippen LogP contribution in [0.2, 0.25) is 0 Å². The number of β-amino-alcohol motifs (C(OH)–C–C–N with tert-alkyl or cyclic N) is 1. The van der Waals surface area contributed by atoms with Gasteiger partial charge < -0.3 is 19.3 Å². The standard InChI is InChI=1S/C27H27N3O4/c1-2-30-23-11-7-6-10-21(23)22-14-19(12-13-24(22)30)28-27(33)34-20-15-26(32)29(16-20)17-25(31)18-8-4-3-5-9-18/h3-14,20,25,31H,2,15-17H2,1H3,(H,28,33). The van der Waals surface area contributed by atoms with E-state index in [2.05, 4.69) is 28.9 Å². The van der Waals surface area contributed by atoms with Gasteiger partial charge in [-0.1, -0.05) is 48.5 Å². The van der Waals surface area contributed by atoms with E-state index in [1.54, 1.807) is 4.90 Å². The van der Waals surface area contributed by atoms with Crippen LogP contribution in [-0.4, -0.2) is 45.8 Å². The van der Waals surface area contributed by atoms with Gasteiger partial charge in [-0.05, 0) is 36.8 Å². The highest BCUT2D eigenvalue weighted by Crippen LogP contribution is 2.31. The lowest BCUT2D eigenvalue weighted by Crippen LogP contribution is -2.31. The Morgan fingerprint density at radius 2 is 1.79 bits per heavy atom. The molecular formula is C27H27N3O4. The van der Waals surface area contributed by atoms with Crippen LogP contribution in [0.4, 0.5) is 10.5 Å². The summed E-state index contributed by atoms with van der Waals surface area (Å²) < 4.78 is 7.78. The Morgan fingerprint density at radius 3 is 2.59 bits per heavy atom. The van der Waals surface area contributed by atoms with Crippen molar-refractivity contribution in [3.63, 3.8) is 0 Å². The fraction of sp³-hybridized carbons (Fsp3) is 0.259. The molecule has 1 aliphatic rings. The van der Waals surface area contributed by atoms with Crippen LogP contribution in [0.3, 0.4) is 0 Å². The van der Waals surface area contributed by atoms with Crippen LogP contribution in [0.5, 0.6) is 0 Å². The molecule has 5 rings (SSSR count). The molecule has 7 heteroatoms. The molecule has 0 aliphatic carbocycles. The van der Waals surface area contributed by atoms with Gasteiger partial charge in [-0.3, -0.25) is 10.1 Å². The molecule has 2 heterocycles. The van der Waals surface area contributed by atoms with Crippen LogP contribution in [0, 0.1) is 0 Å². The number of aliphatic hydroxyl groups excluding tert-OH is 1. The molecule has 1 fully saturated rings. The second-order valence-corrected chi connectivity index (χ2v) is 8.57. The number of likely N-dealkylation sites (tertiary alicyclic amines) is 1. The second-order valence-electron chi connectivity index (χ2n) is 8.57. The van der Waals surface area contributed by atoms with Gasteiger partial charge in [-0.25, -0.2) is 4.79 Å². The molecular weight excluding hydrogens is 430 g/mol. The molecule has 0 radical (unpaired) electrons. The van der Waals surface area contributed by atoms with Gasteiger partial charge in [0.2, 0.25) is 5.91 Å². The van der Waals surface area contributed by atoms with Gasteiger partial charge in [-0.15, -0.1) is 0 Å². The zero-order valence-electron chi connectivity index (χ0n) is 19.0. The third-order valence-electron chi connectivity index (χ3n) is 6.37. The molecule has 34 heavy (non-hydrogen) atoms. The van der Waals surface area contributed by atoms with E-state index in [1.165, 1.54) is 0 Å².